The zero-order valence-corrected chi connectivity index (χ0v) is 12.0. The van der Waals surface area contributed by atoms with Gasteiger partial charge in [-0.25, -0.2) is 4.79 Å². The van der Waals surface area contributed by atoms with Gasteiger partial charge in [-0.1, -0.05) is 6.07 Å². The minimum absolute atomic E-state index is 0.281. The van der Waals surface area contributed by atoms with Gasteiger partial charge in [0.05, 0.1) is 10.7 Å². The first-order valence-corrected chi connectivity index (χ1v) is 6.25. The maximum absolute atomic E-state index is 11.7. The summed E-state index contributed by atoms with van der Waals surface area (Å²) < 4.78 is 6.09. The van der Waals surface area contributed by atoms with Crippen molar-refractivity contribution in [1.82, 2.24) is 10.2 Å². The fourth-order valence-corrected chi connectivity index (χ4v) is 2.32. The van der Waals surface area contributed by atoms with E-state index in [0.29, 0.717) is 0 Å². The van der Waals surface area contributed by atoms with E-state index in [-0.39, 0.29) is 11.6 Å². The molecule has 1 N–H and O–H groups in total. The molecule has 2 rings (SSSR count). The minimum atomic E-state index is -0.408. The van der Waals surface area contributed by atoms with Crippen LogP contribution in [0.1, 0.15) is 5.56 Å². The number of carbonyl (C=O) groups excluding carboxylic acids is 2. The van der Waals surface area contributed by atoms with E-state index in [2.05, 4.69) is 27.9 Å². The molecule has 1 aliphatic rings. The highest BCUT2D eigenvalue weighted by molar-refractivity contribution is 14.1. The van der Waals surface area contributed by atoms with E-state index < -0.39 is 6.03 Å². The van der Waals surface area contributed by atoms with Crippen LogP contribution in [0.3, 0.4) is 0 Å². The molecular weight excluding hydrogens is 347 g/mol. The number of benzene rings is 1. The predicted octanol–water partition coefficient (Wildman–Crippen LogP) is 1.82. The Kier molecular flexibility index (Phi) is 3.55. The van der Waals surface area contributed by atoms with E-state index in [1.165, 1.54) is 7.05 Å². The molecule has 0 unspecified atom stereocenters. The van der Waals surface area contributed by atoms with Crippen molar-refractivity contribution in [2.24, 2.45) is 0 Å². The summed E-state index contributed by atoms with van der Waals surface area (Å²) in [5.74, 6) is 0.447. The number of likely N-dealkylation sites (N-methyl/N-ethyl adjacent to an activating group) is 1. The zero-order chi connectivity index (χ0) is 13.3. The van der Waals surface area contributed by atoms with Crippen molar-refractivity contribution in [2.75, 3.05) is 14.2 Å². The van der Waals surface area contributed by atoms with Crippen molar-refractivity contribution in [3.63, 3.8) is 0 Å². The molecule has 0 aliphatic carbocycles. The summed E-state index contributed by atoms with van der Waals surface area (Å²) in [6.45, 7) is 0. The Morgan fingerprint density at radius 1 is 1.39 bits per heavy atom. The summed E-state index contributed by atoms with van der Waals surface area (Å²) >= 11 is 2.15. The lowest BCUT2D eigenvalue weighted by Crippen LogP contribution is -2.25. The van der Waals surface area contributed by atoms with Crippen LogP contribution >= 0.6 is 22.6 Å². The van der Waals surface area contributed by atoms with Crippen LogP contribution in [0.4, 0.5) is 4.79 Å². The van der Waals surface area contributed by atoms with E-state index in [1.54, 1.807) is 13.2 Å². The number of nitrogens with zero attached hydrogens (tertiary/aromatic N) is 1. The quantitative estimate of drug-likeness (QED) is 0.499. The van der Waals surface area contributed by atoms with E-state index in [1.807, 2.05) is 18.2 Å². The van der Waals surface area contributed by atoms with Gasteiger partial charge in [-0.15, -0.1) is 0 Å². The summed E-state index contributed by atoms with van der Waals surface area (Å²) in [5, 5.41) is 2.51. The third kappa shape index (κ3) is 2.33. The lowest BCUT2D eigenvalue weighted by molar-refractivity contribution is -0.121. The number of amides is 3. The number of rotatable bonds is 2. The van der Waals surface area contributed by atoms with Gasteiger partial charge >= 0.3 is 6.03 Å². The number of urea groups is 1. The third-order valence-corrected chi connectivity index (χ3v) is 3.41. The average Bonchev–Trinajstić information content (AvgIpc) is 2.57. The van der Waals surface area contributed by atoms with Gasteiger partial charge in [0.2, 0.25) is 0 Å². The lowest BCUT2D eigenvalue weighted by atomic mass is 10.2. The molecule has 0 spiro atoms. The fraction of sp³-hybridized carbons (Fsp3) is 0.167. The second-order valence-electron chi connectivity index (χ2n) is 3.75. The average molecular weight is 358 g/mol. The molecule has 0 bridgehead atoms. The molecule has 1 aromatic carbocycles. The Bertz CT molecular complexity index is 554. The fourth-order valence-electron chi connectivity index (χ4n) is 1.56. The molecule has 0 saturated carbocycles. The number of imide groups is 1. The summed E-state index contributed by atoms with van der Waals surface area (Å²) in [5.41, 5.74) is 1.11. The Hall–Kier alpha value is -1.57. The summed E-state index contributed by atoms with van der Waals surface area (Å²) in [7, 11) is 3.04. The molecule has 3 amide bonds. The molecule has 1 fully saturated rings. The molecule has 18 heavy (non-hydrogen) atoms. The molecular formula is C12H11IN2O3. The molecule has 1 heterocycles. The number of halogens is 1. The van der Waals surface area contributed by atoms with Gasteiger partial charge < -0.3 is 10.1 Å². The molecule has 1 aliphatic heterocycles. The van der Waals surface area contributed by atoms with Crippen LogP contribution in [0.25, 0.3) is 6.08 Å². The van der Waals surface area contributed by atoms with Gasteiger partial charge in [-0.2, -0.15) is 0 Å². The normalized spacial score (nSPS) is 17.3. The largest absolute Gasteiger partial charge is 0.496 e. The van der Waals surface area contributed by atoms with Crippen LogP contribution in [-0.2, 0) is 4.79 Å². The first kappa shape index (κ1) is 12.9. The molecule has 1 aromatic rings. The zero-order valence-electron chi connectivity index (χ0n) is 9.86. The van der Waals surface area contributed by atoms with Crippen molar-refractivity contribution >= 4 is 40.6 Å². The van der Waals surface area contributed by atoms with Crippen LogP contribution in [0.5, 0.6) is 5.75 Å². The highest BCUT2D eigenvalue weighted by atomic mass is 127. The Balaban J connectivity index is 2.32. The second kappa shape index (κ2) is 4.97. The standard InChI is InChI=1S/C12H11IN2O3/c1-15-11(16)9(14-12(15)17)6-7-3-4-10(18-2)8(13)5-7/h3-6H,1-2H3,(H,14,17)/b9-6+. The number of ether oxygens (including phenoxy) is 1. The van der Waals surface area contributed by atoms with E-state index >= 15 is 0 Å². The molecule has 5 nitrogen and oxygen atoms in total. The molecule has 0 radical (unpaired) electrons. The van der Waals surface area contributed by atoms with Crippen molar-refractivity contribution in [1.29, 1.82) is 0 Å². The van der Waals surface area contributed by atoms with Crippen molar-refractivity contribution < 1.29 is 14.3 Å². The van der Waals surface area contributed by atoms with Crippen LogP contribution in [-0.4, -0.2) is 31.0 Å². The predicted molar refractivity (Wildman–Crippen MR) is 75.0 cm³/mol. The highest BCUT2D eigenvalue weighted by Gasteiger charge is 2.29. The van der Waals surface area contributed by atoms with Crippen LogP contribution in [0.2, 0.25) is 0 Å². The highest BCUT2D eigenvalue weighted by Crippen LogP contribution is 2.23. The second-order valence-corrected chi connectivity index (χ2v) is 4.91. The SMILES string of the molecule is COc1ccc(/C=C2/NC(=O)N(C)C2=O)cc1I. The number of hydrogen-bond acceptors (Lipinski definition) is 3. The van der Waals surface area contributed by atoms with Crippen molar-refractivity contribution in [3.8, 4) is 5.75 Å². The Labute approximate surface area is 118 Å². The Morgan fingerprint density at radius 3 is 2.61 bits per heavy atom. The van der Waals surface area contributed by atoms with Crippen LogP contribution in [0, 0.1) is 3.57 Å². The van der Waals surface area contributed by atoms with Gasteiger partial charge in [0, 0.05) is 7.05 Å². The van der Waals surface area contributed by atoms with Gasteiger partial charge in [0.15, 0.2) is 0 Å². The first-order chi connectivity index (χ1) is 8.52. The van der Waals surface area contributed by atoms with E-state index in [9.17, 15) is 9.59 Å². The molecule has 0 aromatic heterocycles. The number of nitrogens with one attached hydrogen (secondary N) is 1. The van der Waals surface area contributed by atoms with Crippen molar-refractivity contribution in [2.45, 2.75) is 0 Å². The first-order valence-electron chi connectivity index (χ1n) is 5.17. The van der Waals surface area contributed by atoms with Gasteiger partial charge in [-0.3, -0.25) is 9.69 Å². The van der Waals surface area contributed by atoms with E-state index in [4.69, 9.17) is 4.74 Å². The molecule has 0 atom stereocenters. The summed E-state index contributed by atoms with van der Waals surface area (Å²) in [6, 6.07) is 5.11. The lowest BCUT2D eigenvalue weighted by Gasteiger charge is -2.04. The van der Waals surface area contributed by atoms with Gasteiger partial charge in [-0.05, 0) is 46.4 Å². The molecule has 6 heteroatoms. The maximum Gasteiger partial charge on any atom is 0.328 e. The van der Waals surface area contributed by atoms with Crippen molar-refractivity contribution in [3.05, 3.63) is 33.0 Å². The number of hydrogen-bond donors (Lipinski definition) is 1. The third-order valence-electron chi connectivity index (χ3n) is 2.57. The Morgan fingerprint density at radius 2 is 2.11 bits per heavy atom. The smallest absolute Gasteiger partial charge is 0.328 e. The number of methoxy groups -OCH3 is 1. The van der Waals surface area contributed by atoms with Crippen LogP contribution < -0.4 is 10.1 Å². The number of carbonyl (C=O) groups is 2. The monoisotopic (exact) mass is 358 g/mol. The maximum atomic E-state index is 11.7. The van der Waals surface area contributed by atoms with Crippen LogP contribution in [0.15, 0.2) is 23.9 Å². The van der Waals surface area contributed by atoms with E-state index in [0.717, 1.165) is 19.8 Å². The topological polar surface area (TPSA) is 58.6 Å². The molecule has 1 saturated heterocycles. The molecule has 94 valence electrons. The van der Waals surface area contributed by atoms with Gasteiger partial charge in [0.25, 0.3) is 5.91 Å². The summed E-state index contributed by atoms with van der Waals surface area (Å²) in [4.78, 5) is 24.0. The minimum Gasteiger partial charge on any atom is -0.496 e. The summed E-state index contributed by atoms with van der Waals surface area (Å²) in [6.07, 6.45) is 1.64. The van der Waals surface area contributed by atoms with Gasteiger partial charge in [0.1, 0.15) is 11.4 Å².